The minimum atomic E-state index is -0.933. The van der Waals surface area contributed by atoms with Crippen LogP contribution >= 0.6 is 11.6 Å². The maximum absolute atomic E-state index is 11.9. The number of hydrogen-bond donors (Lipinski definition) is 1. The molecule has 1 aliphatic rings. The molecule has 118 valence electrons. The Balaban J connectivity index is 1.94. The van der Waals surface area contributed by atoms with E-state index in [1.54, 1.807) is 0 Å². The van der Waals surface area contributed by atoms with Gasteiger partial charge in [0.1, 0.15) is 5.56 Å². The minimum absolute atomic E-state index is 0.0380. The van der Waals surface area contributed by atoms with Crippen molar-refractivity contribution >= 4 is 29.2 Å². The zero-order valence-electron chi connectivity index (χ0n) is 11.9. The molecule has 1 aromatic carbocycles. The van der Waals surface area contributed by atoms with Crippen LogP contribution in [0.1, 0.15) is 30.1 Å². The number of benzene rings is 1. The number of nitrogens with one attached hydrogen (secondary N) is 1. The highest BCUT2D eigenvalue weighted by atomic mass is 35.5. The lowest BCUT2D eigenvalue weighted by Gasteiger charge is -2.12. The molecule has 22 heavy (non-hydrogen) atoms. The molecule has 1 fully saturated rings. The van der Waals surface area contributed by atoms with Crippen molar-refractivity contribution in [3.05, 3.63) is 38.9 Å². The Morgan fingerprint density at radius 3 is 2.77 bits per heavy atom. The summed E-state index contributed by atoms with van der Waals surface area (Å²) in [5, 5.41) is 13.8. The molecule has 8 heteroatoms. The summed E-state index contributed by atoms with van der Waals surface area (Å²) in [6.45, 7) is 1.41. The smallest absolute Gasteiger partial charge is 0.345 e. The van der Waals surface area contributed by atoms with Crippen molar-refractivity contribution in [2.24, 2.45) is 5.92 Å². The largest absolute Gasteiger partial charge is 0.452 e. The second kappa shape index (κ2) is 6.74. The Hall–Kier alpha value is -2.15. The summed E-state index contributed by atoms with van der Waals surface area (Å²) in [6.07, 6.45) is 2.16. The molecule has 0 spiro atoms. The third-order valence-corrected chi connectivity index (χ3v) is 3.66. The van der Waals surface area contributed by atoms with E-state index in [0.717, 1.165) is 18.9 Å². The first-order chi connectivity index (χ1) is 10.4. The van der Waals surface area contributed by atoms with Gasteiger partial charge in [-0.3, -0.25) is 14.9 Å². The van der Waals surface area contributed by atoms with E-state index in [0.29, 0.717) is 5.92 Å². The first-order valence-corrected chi connectivity index (χ1v) is 7.16. The fourth-order valence-corrected chi connectivity index (χ4v) is 2.21. The van der Waals surface area contributed by atoms with Gasteiger partial charge in [-0.05, 0) is 37.8 Å². The summed E-state index contributed by atoms with van der Waals surface area (Å²) < 4.78 is 4.82. The van der Waals surface area contributed by atoms with E-state index in [9.17, 15) is 19.7 Å². The summed E-state index contributed by atoms with van der Waals surface area (Å²) >= 11 is 5.67. The number of hydrogen-bond acceptors (Lipinski definition) is 5. The van der Waals surface area contributed by atoms with E-state index in [2.05, 4.69) is 5.32 Å². The molecule has 0 aliphatic heterocycles. The monoisotopic (exact) mass is 326 g/mol. The molecule has 7 nitrogen and oxygen atoms in total. The van der Waals surface area contributed by atoms with Crippen molar-refractivity contribution in [2.75, 3.05) is 6.61 Å². The summed E-state index contributed by atoms with van der Waals surface area (Å²) in [4.78, 5) is 33.7. The maximum atomic E-state index is 11.9. The van der Waals surface area contributed by atoms with Gasteiger partial charge in [0.2, 0.25) is 0 Å². The van der Waals surface area contributed by atoms with Crippen LogP contribution in [0.25, 0.3) is 0 Å². The van der Waals surface area contributed by atoms with Gasteiger partial charge in [-0.2, -0.15) is 0 Å². The highest BCUT2D eigenvalue weighted by molar-refractivity contribution is 6.31. The average molecular weight is 327 g/mol. The number of rotatable bonds is 6. The van der Waals surface area contributed by atoms with Crippen LogP contribution in [-0.2, 0) is 9.53 Å². The van der Waals surface area contributed by atoms with Gasteiger partial charge >= 0.3 is 5.97 Å². The van der Waals surface area contributed by atoms with Crippen molar-refractivity contribution in [2.45, 2.75) is 25.8 Å². The van der Waals surface area contributed by atoms with Crippen molar-refractivity contribution in [3.8, 4) is 0 Å². The maximum Gasteiger partial charge on any atom is 0.345 e. The first kappa shape index (κ1) is 16.2. The van der Waals surface area contributed by atoms with Crippen LogP contribution in [0.15, 0.2) is 18.2 Å². The molecule has 0 aromatic heterocycles. The van der Waals surface area contributed by atoms with Crippen LogP contribution in [-0.4, -0.2) is 29.4 Å². The zero-order chi connectivity index (χ0) is 16.3. The molecule has 1 saturated carbocycles. The lowest BCUT2D eigenvalue weighted by atomic mass is 10.2. The second-order valence-corrected chi connectivity index (χ2v) is 5.62. The summed E-state index contributed by atoms with van der Waals surface area (Å²) in [5.74, 6) is -0.876. The quantitative estimate of drug-likeness (QED) is 0.491. The van der Waals surface area contributed by atoms with Crippen LogP contribution in [0.5, 0.6) is 0 Å². The predicted octanol–water partition coefficient (Wildman–Crippen LogP) is 2.32. The van der Waals surface area contributed by atoms with Crippen LogP contribution < -0.4 is 5.32 Å². The average Bonchev–Trinajstić information content (AvgIpc) is 3.29. The van der Waals surface area contributed by atoms with Gasteiger partial charge in [-0.25, -0.2) is 4.79 Å². The van der Waals surface area contributed by atoms with E-state index in [4.69, 9.17) is 16.3 Å². The topological polar surface area (TPSA) is 98.5 Å². The molecule has 0 bridgehead atoms. The van der Waals surface area contributed by atoms with Crippen LogP contribution in [0.3, 0.4) is 0 Å². The molecule has 1 aliphatic carbocycles. The fourth-order valence-electron chi connectivity index (χ4n) is 2.05. The molecule has 2 rings (SSSR count). The van der Waals surface area contributed by atoms with E-state index in [1.807, 2.05) is 6.92 Å². The minimum Gasteiger partial charge on any atom is -0.452 e. The van der Waals surface area contributed by atoms with Gasteiger partial charge in [0, 0.05) is 17.1 Å². The number of nitrogens with zero attached hydrogens (tertiary/aromatic N) is 1. The zero-order valence-corrected chi connectivity index (χ0v) is 12.6. The normalized spacial score (nSPS) is 15.0. The van der Waals surface area contributed by atoms with Crippen LogP contribution in [0.4, 0.5) is 5.69 Å². The van der Waals surface area contributed by atoms with Gasteiger partial charge in [0.25, 0.3) is 11.6 Å². The lowest BCUT2D eigenvalue weighted by Crippen LogP contribution is -2.37. The van der Waals surface area contributed by atoms with Crippen LogP contribution in [0, 0.1) is 16.0 Å². The van der Waals surface area contributed by atoms with Gasteiger partial charge < -0.3 is 10.1 Å². The lowest BCUT2D eigenvalue weighted by molar-refractivity contribution is -0.385. The van der Waals surface area contributed by atoms with Crippen LogP contribution in [0.2, 0.25) is 5.02 Å². The van der Waals surface area contributed by atoms with E-state index in [1.165, 1.54) is 12.1 Å². The molecular weight excluding hydrogens is 312 g/mol. The van der Waals surface area contributed by atoms with Gasteiger partial charge in [0.05, 0.1) is 4.92 Å². The number of nitro groups is 1. The summed E-state index contributed by atoms with van der Waals surface area (Å²) in [6, 6.07) is 3.65. The van der Waals surface area contributed by atoms with Crippen molar-refractivity contribution in [1.29, 1.82) is 0 Å². The Kier molecular flexibility index (Phi) is 4.97. The van der Waals surface area contributed by atoms with Crippen molar-refractivity contribution in [1.82, 2.24) is 5.32 Å². The molecule has 1 atom stereocenters. The van der Waals surface area contributed by atoms with Gasteiger partial charge in [-0.1, -0.05) is 11.6 Å². The molecule has 1 N–H and O–H groups in total. The molecule has 1 amide bonds. The number of ether oxygens (including phenoxy) is 1. The standard InChI is InChI=1S/C14H15ClN2O5/c1-8(9-2-3-9)16-13(18)7-22-14(19)11-5-4-10(15)6-12(11)17(20)21/h4-6,8-9H,2-3,7H2,1H3,(H,16,18)/t8-/m1/s1. The van der Waals surface area contributed by atoms with E-state index < -0.39 is 29.1 Å². The molecule has 1 aromatic rings. The third-order valence-electron chi connectivity index (χ3n) is 3.43. The SMILES string of the molecule is C[C@@H](NC(=O)COC(=O)c1ccc(Cl)cc1[N+](=O)[O-])C1CC1. The highest BCUT2D eigenvalue weighted by Crippen LogP contribution is 2.32. The molecular formula is C14H15ClN2O5. The van der Waals surface area contributed by atoms with Gasteiger partial charge in [0.15, 0.2) is 6.61 Å². The summed E-state index contributed by atoms with van der Waals surface area (Å²) in [5.41, 5.74) is -0.693. The molecule has 0 radical (unpaired) electrons. The number of nitro benzene ring substituents is 1. The van der Waals surface area contributed by atoms with E-state index >= 15 is 0 Å². The van der Waals surface area contributed by atoms with E-state index in [-0.39, 0.29) is 16.6 Å². The summed E-state index contributed by atoms with van der Waals surface area (Å²) in [7, 11) is 0. The van der Waals surface area contributed by atoms with Crippen molar-refractivity contribution < 1.29 is 19.2 Å². The third kappa shape index (κ3) is 4.17. The fraction of sp³-hybridized carbons (Fsp3) is 0.429. The number of carbonyl (C=O) groups excluding carboxylic acids is 2. The first-order valence-electron chi connectivity index (χ1n) is 6.79. The number of halogens is 1. The Morgan fingerprint density at radius 1 is 1.50 bits per heavy atom. The highest BCUT2D eigenvalue weighted by Gasteiger charge is 2.29. The molecule has 0 saturated heterocycles. The molecule has 0 heterocycles. The predicted molar refractivity (Wildman–Crippen MR) is 78.7 cm³/mol. The number of amides is 1. The Labute approximate surface area is 131 Å². The Morgan fingerprint density at radius 2 is 2.18 bits per heavy atom. The Bertz CT molecular complexity index is 615. The van der Waals surface area contributed by atoms with Crippen molar-refractivity contribution in [3.63, 3.8) is 0 Å². The number of carbonyl (C=O) groups is 2. The second-order valence-electron chi connectivity index (χ2n) is 5.19. The number of esters is 1. The van der Waals surface area contributed by atoms with Gasteiger partial charge in [-0.15, -0.1) is 0 Å². The molecule has 0 unspecified atom stereocenters.